The highest BCUT2D eigenvalue weighted by Crippen LogP contribution is 2.38. The maximum atomic E-state index is 11.0. The molecule has 1 aromatic carbocycles. The van der Waals surface area contributed by atoms with Gasteiger partial charge in [0, 0.05) is 0 Å². The molecule has 0 radical (unpaired) electrons. The number of hydrogen-bond acceptors (Lipinski definition) is 1. The molecule has 2 atom stereocenters. The predicted molar refractivity (Wildman–Crippen MR) is 72.9 cm³/mol. The fourth-order valence-corrected chi connectivity index (χ4v) is 2.76. The van der Waals surface area contributed by atoms with Crippen molar-refractivity contribution in [2.45, 2.75) is 51.4 Å². The normalized spacial score (nSPS) is 24.2. The molecule has 18 heavy (non-hydrogen) atoms. The highest BCUT2D eigenvalue weighted by molar-refractivity contribution is 5.70. The van der Waals surface area contributed by atoms with Gasteiger partial charge in [-0.2, -0.15) is 0 Å². The number of carboxylic acid groups (broad SMARTS) is 1. The van der Waals surface area contributed by atoms with E-state index in [1.54, 1.807) is 0 Å². The number of hydrogen-bond donors (Lipinski definition) is 1. The number of carboxylic acids is 1. The average molecular weight is 246 g/mol. The van der Waals surface area contributed by atoms with Crippen molar-refractivity contribution in [1.82, 2.24) is 0 Å². The van der Waals surface area contributed by atoms with Crippen LogP contribution in [0.15, 0.2) is 24.3 Å². The summed E-state index contributed by atoms with van der Waals surface area (Å²) in [6.07, 6.45) is 2.62. The van der Waals surface area contributed by atoms with E-state index in [9.17, 15) is 4.79 Å². The maximum Gasteiger partial charge on any atom is 0.306 e. The van der Waals surface area contributed by atoms with Crippen molar-refractivity contribution in [3.63, 3.8) is 0 Å². The third kappa shape index (κ3) is 2.74. The van der Waals surface area contributed by atoms with E-state index in [0.717, 1.165) is 19.3 Å². The highest BCUT2D eigenvalue weighted by atomic mass is 16.4. The zero-order chi connectivity index (χ0) is 13.3. The Morgan fingerprint density at radius 3 is 2.22 bits per heavy atom. The predicted octanol–water partition coefficient (Wildman–Crippen LogP) is 3.95. The van der Waals surface area contributed by atoms with Gasteiger partial charge in [0.25, 0.3) is 0 Å². The topological polar surface area (TPSA) is 37.3 Å². The van der Waals surface area contributed by atoms with Gasteiger partial charge in [-0.1, -0.05) is 45.0 Å². The third-order valence-corrected chi connectivity index (χ3v) is 4.03. The summed E-state index contributed by atoms with van der Waals surface area (Å²) in [5.74, 6) is -0.346. The Morgan fingerprint density at radius 1 is 1.17 bits per heavy atom. The van der Waals surface area contributed by atoms with Gasteiger partial charge in [-0.15, -0.1) is 0 Å². The summed E-state index contributed by atoms with van der Waals surface area (Å²) in [5, 5.41) is 9.03. The van der Waals surface area contributed by atoms with Crippen LogP contribution in [0.3, 0.4) is 0 Å². The summed E-state index contributed by atoms with van der Waals surface area (Å²) in [6.45, 7) is 6.62. The molecule has 2 heteroatoms. The molecule has 2 nitrogen and oxygen atoms in total. The zero-order valence-electron chi connectivity index (χ0n) is 11.4. The lowest BCUT2D eigenvalue weighted by Gasteiger charge is -2.20. The number of benzene rings is 1. The zero-order valence-corrected chi connectivity index (χ0v) is 11.4. The standard InChI is InChI=1S/C16H22O2/c1-16(2,3)14-8-6-11(7-9-14)12-4-5-13(10-12)15(17)18/h6-9,12-13H,4-5,10H2,1-3H3,(H,17,18). The van der Waals surface area contributed by atoms with Crippen LogP contribution in [0.1, 0.15) is 57.1 Å². The Hall–Kier alpha value is -1.31. The Labute approximate surface area is 109 Å². The first-order valence-electron chi connectivity index (χ1n) is 6.71. The molecule has 0 heterocycles. The molecule has 1 aromatic rings. The van der Waals surface area contributed by atoms with Gasteiger partial charge in [-0.25, -0.2) is 0 Å². The lowest BCUT2D eigenvalue weighted by Crippen LogP contribution is -2.11. The van der Waals surface area contributed by atoms with Gasteiger partial charge < -0.3 is 5.11 Å². The monoisotopic (exact) mass is 246 g/mol. The molecule has 0 bridgehead atoms. The highest BCUT2D eigenvalue weighted by Gasteiger charge is 2.30. The molecular formula is C16H22O2. The Morgan fingerprint density at radius 2 is 1.78 bits per heavy atom. The molecule has 1 N–H and O–H groups in total. The largest absolute Gasteiger partial charge is 0.481 e. The van der Waals surface area contributed by atoms with Gasteiger partial charge in [-0.3, -0.25) is 4.79 Å². The smallest absolute Gasteiger partial charge is 0.306 e. The quantitative estimate of drug-likeness (QED) is 0.857. The van der Waals surface area contributed by atoms with E-state index in [2.05, 4.69) is 45.0 Å². The molecule has 98 valence electrons. The molecule has 1 aliphatic carbocycles. The Balaban J connectivity index is 2.10. The molecule has 0 amide bonds. The molecule has 0 aliphatic heterocycles. The van der Waals surface area contributed by atoms with Crippen molar-refractivity contribution in [2.75, 3.05) is 0 Å². The van der Waals surface area contributed by atoms with Gasteiger partial charge in [0.05, 0.1) is 5.92 Å². The van der Waals surface area contributed by atoms with Gasteiger partial charge in [0.1, 0.15) is 0 Å². The summed E-state index contributed by atoms with van der Waals surface area (Å²) in [6, 6.07) is 8.72. The Kier molecular flexibility index (Phi) is 3.47. The van der Waals surface area contributed by atoms with Crippen LogP contribution in [0.4, 0.5) is 0 Å². The van der Waals surface area contributed by atoms with E-state index in [1.165, 1.54) is 11.1 Å². The molecular weight excluding hydrogens is 224 g/mol. The van der Waals surface area contributed by atoms with E-state index < -0.39 is 5.97 Å². The minimum Gasteiger partial charge on any atom is -0.481 e. The fraction of sp³-hybridized carbons (Fsp3) is 0.562. The Bertz CT molecular complexity index is 425. The molecule has 0 spiro atoms. The summed E-state index contributed by atoms with van der Waals surface area (Å²) >= 11 is 0. The second kappa shape index (κ2) is 4.75. The number of aliphatic carboxylic acids is 1. The molecule has 2 unspecified atom stereocenters. The minimum absolute atomic E-state index is 0.141. The van der Waals surface area contributed by atoms with E-state index in [-0.39, 0.29) is 11.3 Å². The summed E-state index contributed by atoms with van der Waals surface area (Å²) in [7, 11) is 0. The molecule has 2 rings (SSSR count). The molecule has 1 saturated carbocycles. The van der Waals surface area contributed by atoms with E-state index in [4.69, 9.17) is 5.11 Å². The minimum atomic E-state index is -0.635. The second-order valence-electron chi connectivity index (χ2n) is 6.42. The molecule has 0 saturated heterocycles. The van der Waals surface area contributed by atoms with Crippen LogP contribution >= 0.6 is 0 Å². The van der Waals surface area contributed by atoms with Crippen LogP contribution in [0.25, 0.3) is 0 Å². The fourth-order valence-electron chi connectivity index (χ4n) is 2.76. The van der Waals surface area contributed by atoms with E-state index in [1.807, 2.05) is 0 Å². The van der Waals surface area contributed by atoms with Gasteiger partial charge in [0.15, 0.2) is 0 Å². The van der Waals surface area contributed by atoms with Crippen molar-refractivity contribution in [3.8, 4) is 0 Å². The first kappa shape index (κ1) is 13.1. The van der Waals surface area contributed by atoms with Crippen molar-refractivity contribution in [1.29, 1.82) is 0 Å². The maximum absolute atomic E-state index is 11.0. The van der Waals surface area contributed by atoms with Gasteiger partial charge >= 0.3 is 5.97 Å². The lowest BCUT2D eigenvalue weighted by molar-refractivity contribution is -0.141. The van der Waals surface area contributed by atoms with Crippen LogP contribution in [0, 0.1) is 5.92 Å². The van der Waals surface area contributed by atoms with Crippen LogP contribution < -0.4 is 0 Å². The number of rotatable bonds is 2. The summed E-state index contributed by atoms with van der Waals surface area (Å²) < 4.78 is 0. The van der Waals surface area contributed by atoms with Crippen LogP contribution in [0.5, 0.6) is 0 Å². The van der Waals surface area contributed by atoms with Crippen molar-refractivity contribution in [3.05, 3.63) is 35.4 Å². The van der Waals surface area contributed by atoms with Gasteiger partial charge in [0.2, 0.25) is 0 Å². The first-order valence-corrected chi connectivity index (χ1v) is 6.71. The SMILES string of the molecule is CC(C)(C)c1ccc(C2CCC(C(=O)O)C2)cc1. The van der Waals surface area contributed by atoms with E-state index >= 15 is 0 Å². The average Bonchev–Trinajstić information content (AvgIpc) is 2.77. The molecule has 1 aliphatic rings. The molecule has 0 aromatic heterocycles. The van der Waals surface area contributed by atoms with Crippen molar-refractivity contribution < 1.29 is 9.90 Å². The second-order valence-corrected chi connectivity index (χ2v) is 6.42. The van der Waals surface area contributed by atoms with Crippen molar-refractivity contribution >= 4 is 5.97 Å². The van der Waals surface area contributed by atoms with Crippen LogP contribution in [-0.4, -0.2) is 11.1 Å². The third-order valence-electron chi connectivity index (χ3n) is 4.03. The van der Waals surface area contributed by atoms with Crippen LogP contribution in [0.2, 0.25) is 0 Å². The summed E-state index contributed by atoms with van der Waals surface area (Å²) in [4.78, 5) is 11.0. The lowest BCUT2D eigenvalue weighted by atomic mass is 9.85. The van der Waals surface area contributed by atoms with Gasteiger partial charge in [-0.05, 0) is 41.7 Å². The van der Waals surface area contributed by atoms with Crippen molar-refractivity contribution in [2.24, 2.45) is 5.92 Å². The van der Waals surface area contributed by atoms with E-state index in [0.29, 0.717) is 5.92 Å². The molecule has 1 fully saturated rings. The van der Waals surface area contributed by atoms with Crippen LogP contribution in [-0.2, 0) is 10.2 Å². The first-order chi connectivity index (χ1) is 8.38. The number of carbonyl (C=O) groups is 1. The summed E-state index contributed by atoms with van der Waals surface area (Å²) in [5.41, 5.74) is 2.81.